The van der Waals surface area contributed by atoms with E-state index in [0.29, 0.717) is 19.8 Å². The van der Waals surface area contributed by atoms with Gasteiger partial charge in [-0.1, -0.05) is 36.4 Å². The van der Waals surface area contributed by atoms with Crippen molar-refractivity contribution in [2.24, 2.45) is 5.41 Å². The van der Waals surface area contributed by atoms with E-state index in [-0.39, 0.29) is 11.3 Å². The number of carbonyl (C=O) groups is 1. The van der Waals surface area contributed by atoms with Gasteiger partial charge in [-0.25, -0.2) is 0 Å². The first kappa shape index (κ1) is 16.6. The molecule has 0 aromatic heterocycles. The zero-order valence-corrected chi connectivity index (χ0v) is 15.4. The lowest BCUT2D eigenvalue weighted by molar-refractivity contribution is -0.147. The number of rotatable bonds is 2. The van der Waals surface area contributed by atoms with Crippen molar-refractivity contribution >= 4 is 5.91 Å². The van der Waals surface area contributed by atoms with Gasteiger partial charge in [-0.15, -0.1) is 0 Å². The van der Waals surface area contributed by atoms with Crippen molar-refractivity contribution in [1.82, 2.24) is 9.80 Å². The Bertz CT molecular complexity index is 860. The van der Waals surface area contributed by atoms with E-state index in [1.165, 1.54) is 5.56 Å². The molecule has 1 fully saturated rings. The molecule has 2 aromatic carbocycles. The summed E-state index contributed by atoms with van der Waals surface area (Å²) in [5.41, 5.74) is 2.51. The molecule has 0 radical (unpaired) electrons. The molecule has 0 N–H and O–H groups in total. The number of carbonyl (C=O) groups excluding carboxylic acids is 1. The molecule has 3 heterocycles. The molecule has 1 saturated heterocycles. The molecular weight excluding hydrogens is 340 g/mol. The number of amides is 1. The van der Waals surface area contributed by atoms with Crippen LogP contribution < -0.4 is 9.47 Å². The molecule has 1 spiro atoms. The number of fused-ring (bicyclic) bond motifs is 2. The molecule has 0 saturated carbocycles. The van der Waals surface area contributed by atoms with Gasteiger partial charge < -0.3 is 14.4 Å². The molecular formula is C22H24N2O3. The fourth-order valence-corrected chi connectivity index (χ4v) is 4.43. The van der Waals surface area contributed by atoms with Gasteiger partial charge in [-0.2, -0.15) is 0 Å². The van der Waals surface area contributed by atoms with Crippen molar-refractivity contribution in [2.45, 2.75) is 13.0 Å². The van der Waals surface area contributed by atoms with E-state index in [1.807, 2.05) is 35.2 Å². The van der Waals surface area contributed by atoms with E-state index in [9.17, 15) is 4.79 Å². The molecule has 27 heavy (non-hydrogen) atoms. The Morgan fingerprint density at radius 1 is 0.963 bits per heavy atom. The predicted octanol–water partition coefficient (Wildman–Crippen LogP) is 2.34. The van der Waals surface area contributed by atoms with Gasteiger partial charge in [0.25, 0.3) is 0 Å². The summed E-state index contributed by atoms with van der Waals surface area (Å²) in [6, 6.07) is 16.3. The smallest absolute Gasteiger partial charge is 0.236 e. The van der Waals surface area contributed by atoms with Gasteiger partial charge in [0.2, 0.25) is 5.91 Å². The van der Waals surface area contributed by atoms with Crippen molar-refractivity contribution in [3.8, 4) is 11.5 Å². The Morgan fingerprint density at radius 3 is 2.48 bits per heavy atom. The van der Waals surface area contributed by atoms with Crippen molar-refractivity contribution in [2.75, 3.05) is 39.4 Å². The van der Waals surface area contributed by atoms with Crippen molar-refractivity contribution < 1.29 is 14.3 Å². The average Bonchev–Trinajstić information content (AvgIpc) is 2.87. The summed E-state index contributed by atoms with van der Waals surface area (Å²) in [6.07, 6.45) is 0.998. The summed E-state index contributed by atoms with van der Waals surface area (Å²) in [5.74, 6) is 2.14. The standard InChI is InChI=1S/C22H24N2O3/c25-21(13-23-9-10-26-20-8-4-2-6-18(20)12-23)24-14-22(15-24)11-17-5-1-3-7-19(17)27-16-22/h1-8H,9-16H2. The second-order valence-electron chi connectivity index (χ2n) is 7.99. The third kappa shape index (κ3) is 3.16. The SMILES string of the molecule is O=C(CN1CCOc2ccccc2C1)N1CC2(COc3ccccc3C2)C1. The zero-order chi connectivity index (χ0) is 18.3. The van der Waals surface area contributed by atoms with Crippen LogP contribution in [0.4, 0.5) is 0 Å². The Morgan fingerprint density at radius 2 is 1.67 bits per heavy atom. The topological polar surface area (TPSA) is 42.0 Å². The summed E-state index contributed by atoms with van der Waals surface area (Å²) in [5, 5.41) is 0. The highest BCUT2D eigenvalue weighted by atomic mass is 16.5. The van der Waals surface area contributed by atoms with Crippen molar-refractivity contribution in [1.29, 1.82) is 0 Å². The molecule has 140 valence electrons. The maximum absolute atomic E-state index is 12.8. The molecule has 0 atom stereocenters. The summed E-state index contributed by atoms with van der Waals surface area (Å²) < 4.78 is 11.8. The molecule has 5 heteroatoms. The van der Waals surface area contributed by atoms with Crippen LogP contribution in [0.3, 0.4) is 0 Å². The van der Waals surface area contributed by atoms with E-state index in [0.717, 1.165) is 49.7 Å². The fraction of sp³-hybridized carbons (Fsp3) is 0.409. The molecule has 5 nitrogen and oxygen atoms in total. The summed E-state index contributed by atoms with van der Waals surface area (Å²) in [4.78, 5) is 17.0. The van der Waals surface area contributed by atoms with Gasteiger partial charge in [-0.3, -0.25) is 9.69 Å². The number of hydrogen-bond acceptors (Lipinski definition) is 4. The molecule has 1 amide bonds. The highest BCUT2D eigenvalue weighted by molar-refractivity contribution is 5.79. The summed E-state index contributed by atoms with van der Waals surface area (Å²) in [6.45, 7) is 4.90. The second-order valence-corrected chi connectivity index (χ2v) is 7.99. The minimum absolute atomic E-state index is 0.0957. The second kappa shape index (κ2) is 6.57. The highest BCUT2D eigenvalue weighted by Crippen LogP contribution is 2.41. The maximum Gasteiger partial charge on any atom is 0.236 e. The van der Waals surface area contributed by atoms with E-state index in [2.05, 4.69) is 23.1 Å². The van der Waals surface area contributed by atoms with Crippen LogP contribution in [-0.2, 0) is 17.8 Å². The van der Waals surface area contributed by atoms with Crippen LogP contribution in [0.15, 0.2) is 48.5 Å². The minimum atomic E-state index is 0.0957. The summed E-state index contributed by atoms with van der Waals surface area (Å²) in [7, 11) is 0. The van der Waals surface area contributed by atoms with E-state index < -0.39 is 0 Å². The number of nitrogens with zero attached hydrogens (tertiary/aromatic N) is 2. The number of hydrogen-bond donors (Lipinski definition) is 0. The van der Waals surface area contributed by atoms with Crippen LogP contribution in [0.2, 0.25) is 0 Å². The molecule has 0 aliphatic carbocycles. The first-order valence-corrected chi connectivity index (χ1v) is 9.62. The van der Waals surface area contributed by atoms with Crippen LogP contribution in [0, 0.1) is 5.41 Å². The van der Waals surface area contributed by atoms with Gasteiger partial charge in [0.05, 0.1) is 13.2 Å². The van der Waals surface area contributed by atoms with E-state index >= 15 is 0 Å². The number of para-hydroxylation sites is 2. The van der Waals surface area contributed by atoms with Gasteiger partial charge in [0.15, 0.2) is 0 Å². The fourth-order valence-electron chi connectivity index (χ4n) is 4.43. The zero-order valence-electron chi connectivity index (χ0n) is 15.4. The Labute approximate surface area is 159 Å². The Kier molecular flexibility index (Phi) is 4.05. The van der Waals surface area contributed by atoms with Crippen LogP contribution in [0.25, 0.3) is 0 Å². The molecule has 0 bridgehead atoms. The highest BCUT2D eigenvalue weighted by Gasteiger charge is 2.48. The third-order valence-electron chi connectivity index (χ3n) is 5.87. The van der Waals surface area contributed by atoms with Gasteiger partial charge in [0, 0.05) is 37.2 Å². The lowest BCUT2D eigenvalue weighted by Crippen LogP contribution is -2.64. The first-order chi connectivity index (χ1) is 13.2. The molecule has 0 unspecified atom stereocenters. The maximum atomic E-state index is 12.8. The largest absolute Gasteiger partial charge is 0.493 e. The summed E-state index contributed by atoms with van der Waals surface area (Å²) >= 11 is 0. The average molecular weight is 364 g/mol. The normalized spacial score (nSPS) is 20.5. The molecule has 5 rings (SSSR count). The van der Waals surface area contributed by atoms with Crippen molar-refractivity contribution in [3.05, 3.63) is 59.7 Å². The van der Waals surface area contributed by atoms with Crippen LogP contribution in [0.5, 0.6) is 11.5 Å². The molecule has 3 aliphatic rings. The van der Waals surface area contributed by atoms with Gasteiger partial charge >= 0.3 is 0 Å². The Hall–Kier alpha value is -2.53. The van der Waals surface area contributed by atoms with Crippen LogP contribution in [-0.4, -0.2) is 55.1 Å². The molecule has 2 aromatic rings. The lowest BCUT2D eigenvalue weighted by atomic mass is 9.74. The monoisotopic (exact) mass is 364 g/mol. The Balaban J connectivity index is 1.19. The number of ether oxygens (including phenoxy) is 2. The number of likely N-dealkylation sites (tertiary alicyclic amines) is 1. The predicted molar refractivity (Wildman–Crippen MR) is 102 cm³/mol. The van der Waals surface area contributed by atoms with Crippen molar-refractivity contribution in [3.63, 3.8) is 0 Å². The van der Waals surface area contributed by atoms with Gasteiger partial charge in [0.1, 0.15) is 18.1 Å². The van der Waals surface area contributed by atoms with Crippen LogP contribution in [0.1, 0.15) is 11.1 Å². The van der Waals surface area contributed by atoms with E-state index in [4.69, 9.17) is 9.47 Å². The quantitative estimate of drug-likeness (QED) is 0.820. The van der Waals surface area contributed by atoms with E-state index in [1.54, 1.807) is 0 Å². The lowest BCUT2D eigenvalue weighted by Gasteiger charge is -2.52. The first-order valence-electron chi connectivity index (χ1n) is 9.62. The number of benzene rings is 2. The molecule has 3 aliphatic heterocycles. The minimum Gasteiger partial charge on any atom is -0.493 e. The third-order valence-corrected chi connectivity index (χ3v) is 5.87. The van der Waals surface area contributed by atoms with Crippen LogP contribution >= 0.6 is 0 Å². The van der Waals surface area contributed by atoms with Gasteiger partial charge in [-0.05, 0) is 24.1 Å².